The second kappa shape index (κ2) is 6.24. The summed E-state index contributed by atoms with van der Waals surface area (Å²) in [4.78, 5) is 4.60. The molecular formula is C15H17BrN2OS. The van der Waals surface area contributed by atoms with Gasteiger partial charge in [-0.25, -0.2) is 4.98 Å². The number of rotatable bonds is 6. The monoisotopic (exact) mass is 352 g/mol. The summed E-state index contributed by atoms with van der Waals surface area (Å²) >= 11 is 5.16. The molecule has 0 spiro atoms. The molecule has 1 aliphatic rings. The normalized spacial score (nSPS) is 14.5. The quantitative estimate of drug-likeness (QED) is 0.851. The van der Waals surface area contributed by atoms with Gasteiger partial charge in [0, 0.05) is 22.4 Å². The Balaban J connectivity index is 1.55. The highest BCUT2D eigenvalue weighted by molar-refractivity contribution is 9.10. The van der Waals surface area contributed by atoms with E-state index in [0.29, 0.717) is 6.61 Å². The number of hydrogen-bond donors (Lipinski definition) is 1. The predicted molar refractivity (Wildman–Crippen MR) is 85.2 cm³/mol. The summed E-state index contributed by atoms with van der Waals surface area (Å²) in [5, 5.41) is 6.70. The third kappa shape index (κ3) is 3.81. The molecule has 0 bridgehead atoms. The molecule has 1 aromatic heterocycles. The van der Waals surface area contributed by atoms with E-state index in [2.05, 4.69) is 31.6 Å². The zero-order chi connectivity index (χ0) is 13.9. The number of aromatic nitrogens is 1. The van der Waals surface area contributed by atoms with Crippen molar-refractivity contribution in [3.63, 3.8) is 0 Å². The van der Waals surface area contributed by atoms with Crippen LogP contribution in [0.5, 0.6) is 5.75 Å². The maximum Gasteiger partial charge on any atom is 0.131 e. The molecule has 1 saturated carbocycles. The van der Waals surface area contributed by atoms with Crippen molar-refractivity contribution in [3.05, 3.63) is 44.3 Å². The molecule has 1 fully saturated rings. The van der Waals surface area contributed by atoms with Crippen molar-refractivity contribution in [2.75, 3.05) is 0 Å². The molecule has 5 heteroatoms. The Kier molecular flexibility index (Phi) is 4.38. The highest BCUT2D eigenvalue weighted by Gasteiger charge is 2.20. The number of nitrogens with zero attached hydrogens (tertiary/aromatic N) is 1. The summed E-state index contributed by atoms with van der Waals surface area (Å²) in [6.45, 7) is 3.45. The number of hydrogen-bond acceptors (Lipinski definition) is 4. The first-order chi connectivity index (χ1) is 9.70. The number of ether oxygens (including phenoxy) is 1. The number of aryl methyl sites for hydroxylation is 1. The Bertz CT molecular complexity index is 595. The standard InChI is InChI=1S/C15H17BrN2OS/c1-10-2-3-11(16)6-14(10)19-8-13-9-20-15(18-13)7-17-12-4-5-12/h2-3,6,9,12,17H,4-5,7-8H2,1H3. The summed E-state index contributed by atoms with van der Waals surface area (Å²) < 4.78 is 6.88. The lowest BCUT2D eigenvalue weighted by Crippen LogP contribution is -2.15. The van der Waals surface area contributed by atoms with Gasteiger partial charge in [0.25, 0.3) is 0 Å². The summed E-state index contributed by atoms with van der Waals surface area (Å²) in [5.41, 5.74) is 2.14. The molecule has 0 saturated heterocycles. The summed E-state index contributed by atoms with van der Waals surface area (Å²) in [5.74, 6) is 0.907. The molecule has 1 heterocycles. The van der Waals surface area contributed by atoms with Gasteiger partial charge in [0.05, 0.1) is 5.69 Å². The highest BCUT2D eigenvalue weighted by Crippen LogP contribution is 2.24. The molecule has 106 valence electrons. The van der Waals surface area contributed by atoms with E-state index >= 15 is 0 Å². The van der Waals surface area contributed by atoms with E-state index in [4.69, 9.17) is 4.74 Å². The fourth-order valence-electron chi connectivity index (χ4n) is 1.90. The first-order valence-corrected chi connectivity index (χ1v) is 8.43. The van der Waals surface area contributed by atoms with Crippen LogP contribution >= 0.6 is 27.3 Å². The van der Waals surface area contributed by atoms with Gasteiger partial charge in [-0.15, -0.1) is 11.3 Å². The average molecular weight is 353 g/mol. The maximum atomic E-state index is 5.85. The van der Waals surface area contributed by atoms with E-state index in [1.807, 2.05) is 25.1 Å². The van der Waals surface area contributed by atoms with E-state index in [-0.39, 0.29) is 0 Å². The largest absolute Gasteiger partial charge is 0.487 e. The van der Waals surface area contributed by atoms with E-state index in [9.17, 15) is 0 Å². The van der Waals surface area contributed by atoms with Crippen LogP contribution in [0.15, 0.2) is 28.1 Å². The van der Waals surface area contributed by atoms with Gasteiger partial charge in [-0.3, -0.25) is 0 Å². The molecular weight excluding hydrogens is 336 g/mol. The van der Waals surface area contributed by atoms with Crippen LogP contribution in [0.25, 0.3) is 0 Å². The van der Waals surface area contributed by atoms with E-state index in [1.54, 1.807) is 11.3 Å². The van der Waals surface area contributed by atoms with E-state index in [0.717, 1.165) is 39.1 Å². The van der Waals surface area contributed by atoms with Gasteiger partial charge >= 0.3 is 0 Å². The van der Waals surface area contributed by atoms with Crippen molar-refractivity contribution < 1.29 is 4.74 Å². The summed E-state index contributed by atoms with van der Waals surface area (Å²) in [7, 11) is 0. The first-order valence-electron chi connectivity index (χ1n) is 6.76. The second-order valence-corrected chi connectivity index (χ2v) is 6.94. The van der Waals surface area contributed by atoms with Crippen molar-refractivity contribution in [1.29, 1.82) is 0 Å². The van der Waals surface area contributed by atoms with Crippen LogP contribution in [0.4, 0.5) is 0 Å². The third-order valence-electron chi connectivity index (χ3n) is 3.24. The zero-order valence-corrected chi connectivity index (χ0v) is 13.8. The molecule has 3 rings (SSSR count). The molecule has 3 nitrogen and oxygen atoms in total. The van der Waals surface area contributed by atoms with Crippen LogP contribution in [0.2, 0.25) is 0 Å². The molecule has 20 heavy (non-hydrogen) atoms. The first kappa shape index (κ1) is 14.0. The van der Waals surface area contributed by atoms with E-state index in [1.165, 1.54) is 12.8 Å². The molecule has 1 aliphatic carbocycles. The van der Waals surface area contributed by atoms with Crippen LogP contribution in [0.3, 0.4) is 0 Å². The Morgan fingerprint density at radius 2 is 2.30 bits per heavy atom. The molecule has 0 amide bonds. The van der Waals surface area contributed by atoms with Gasteiger partial charge in [0.1, 0.15) is 17.4 Å². The number of thiazole rings is 1. The molecule has 0 unspecified atom stereocenters. The SMILES string of the molecule is Cc1ccc(Br)cc1OCc1csc(CNC2CC2)n1. The minimum absolute atomic E-state index is 0.525. The highest BCUT2D eigenvalue weighted by atomic mass is 79.9. The fraction of sp³-hybridized carbons (Fsp3) is 0.400. The predicted octanol–water partition coefficient (Wildman–Crippen LogP) is 4.05. The maximum absolute atomic E-state index is 5.85. The van der Waals surface area contributed by atoms with Crippen molar-refractivity contribution in [3.8, 4) is 5.75 Å². The van der Waals surface area contributed by atoms with Gasteiger partial charge in [0.15, 0.2) is 0 Å². The minimum Gasteiger partial charge on any atom is -0.487 e. The van der Waals surface area contributed by atoms with Crippen LogP contribution in [-0.4, -0.2) is 11.0 Å². The third-order valence-corrected chi connectivity index (χ3v) is 4.64. The molecule has 1 aromatic carbocycles. The van der Waals surface area contributed by atoms with Crippen molar-refractivity contribution >= 4 is 27.3 Å². The minimum atomic E-state index is 0.525. The van der Waals surface area contributed by atoms with Gasteiger partial charge in [-0.2, -0.15) is 0 Å². The van der Waals surface area contributed by atoms with Gasteiger partial charge < -0.3 is 10.1 Å². The Labute approximate surface area is 131 Å². The molecule has 1 N–H and O–H groups in total. The van der Waals surface area contributed by atoms with Crippen molar-refractivity contribution in [2.45, 2.75) is 39.0 Å². The molecule has 0 radical (unpaired) electrons. The van der Waals surface area contributed by atoms with Gasteiger partial charge in [-0.05, 0) is 37.5 Å². The van der Waals surface area contributed by atoms with Crippen molar-refractivity contribution in [1.82, 2.24) is 10.3 Å². The van der Waals surface area contributed by atoms with Crippen LogP contribution in [0, 0.1) is 6.92 Å². The van der Waals surface area contributed by atoms with Crippen LogP contribution < -0.4 is 10.1 Å². The average Bonchev–Trinajstić information content (AvgIpc) is 3.16. The number of benzene rings is 1. The summed E-state index contributed by atoms with van der Waals surface area (Å²) in [6.07, 6.45) is 2.62. The fourth-order valence-corrected chi connectivity index (χ4v) is 2.97. The summed E-state index contributed by atoms with van der Waals surface area (Å²) in [6, 6.07) is 6.79. The Hall–Kier alpha value is -0.910. The second-order valence-electron chi connectivity index (χ2n) is 5.09. The number of nitrogens with one attached hydrogen (secondary N) is 1. The van der Waals surface area contributed by atoms with Gasteiger partial charge in [0.2, 0.25) is 0 Å². The smallest absolute Gasteiger partial charge is 0.131 e. The number of halogens is 1. The lowest BCUT2D eigenvalue weighted by atomic mass is 10.2. The molecule has 2 aromatic rings. The Morgan fingerprint density at radius 3 is 3.10 bits per heavy atom. The molecule has 0 aliphatic heterocycles. The van der Waals surface area contributed by atoms with E-state index < -0.39 is 0 Å². The zero-order valence-electron chi connectivity index (χ0n) is 11.4. The van der Waals surface area contributed by atoms with Crippen LogP contribution in [0.1, 0.15) is 29.1 Å². The Morgan fingerprint density at radius 1 is 1.45 bits per heavy atom. The molecule has 0 atom stereocenters. The van der Waals surface area contributed by atoms with Gasteiger partial charge in [-0.1, -0.05) is 22.0 Å². The van der Waals surface area contributed by atoms with Crippen LogP contribution in [-0.2, 0) is 13.2 Å². The lowest BCUT2D eigenvalue weighted by molar-refractivity contribution is 0.299. The van der Waals surface area contributed by atoms with Crippen molar-refractivity contribution in [2.24, 2.45) is 0 Å². The lowest BCUT2D eigenvalue weighted by Gasteiger charge is -2.08. The topological polar surface area (TPSA) is 34.1 Å².